The van der Waals surface area contributed by atoms with Gasteiger partial charge in [-0.05, 0) is 56.7 Å². The number of hydrogen-bond acceptors (Lipinski definition) is 6. The highest BCUT2D eigenvalue weighted by atomic mass is 35.5. The largest absolute Gasteiger partial charge is 0.493 e. The van der Waals surface area contributed by atoms with Crippen molar-refractivity contribution in [2.45, 2.75) is 44.6 Å². The van der Waals surface area contributed by atoms with Gasteiger partial charge in [-0.15, -0.1) is 0 Å². The lowest BCUT2D eigenvalue weighted by molar-refractivity contribution is 0.0774. The van der Waals surface area contributed by atoms with E-state index in [1.165, 1.54) is 0 Å². The molecule has 1 amide bonds. The van der Waals surface area contributed by atoms with Crippen molar-refractivity contribution in [3.05, 3.63) is 81.3 Å². The van der Waals surface area contributed by atoms with E-state index in [4.69, 9.17) is 37.4 Å². The van der Waals surface area contributed by atoms with Gasteiger partial charge in [-0.1, -0.05) is 53.5 Å². The Morgan fingerprint density at radius 3 is 2.49 bits per heavy atom. The molecule has 0 bridgehead atoms. The maximum absolute atomic E-state index is 13.1. The molecule has 1 saturated heterocycles. The summed E-state index contributed by atoms with van der Waals surface area (Å²) >= 11 is 12.6. The summed E-state index contributed by atoms with van der Waals surface area (Å²) in [5.74, 6) is 1.26. The number of ketones is 1. The number of hydrogen-bond donors (Lipinski definition) is 0. The number of fused-ring (bicyclic) bond motifs is 2. The fraction of sp³-hybridized carbons (Fsp3) is 0.344. The van der Waals surface area contributed by atoms with Crippen molar-refractivity contribution in [2.24, 2.45) is 4.99 Å². The molecular formula is C32H32Cl2N2O5. The highest BCUT2D eigenvalue weighted by molar-refractivity contribution is 6.36. The number of nitrogens with zero attached hydrogens (tertiary/aromatic N) is 2. The minimum absolute atomic E-state index is 0.0106. The Morgan fingerprint density at radius 1 is 0.976 bits per heavy atom. The third kappa shape index (κ3) is 6.68. The van der Waals surface area contributed by atoms with Crippen LogP contribution in [0.3, 0.4) is 0 Å². The van der Waals surface area contributed by atoms with Gasteiger partial charge >= 0.3 is 0 Å². The van der Waals surface area contributed by atoms with Crippen molar-refractivity contribution in [1.29, 1.82) is 0 Å². The lowest BCUT2D eigenvalue weighted by Gasteiger charge is -2.20. The van der Waals surface area contributed by atoms with Crippen LogP contribution in [0.5, 0.6) is 17.2 Å². The average molecular weight is 596 g/mol. The van der Waals surface area contributed by atoms with Gasteiger partial charge in [-0.3, -0.25) is 14.6 Å². The first-order valence-corrected chi connectivity index (χ1v) is 14.6. The third-order valence-electron chi connectivity index (χ3n) is 7.29. The Labute approximate surface area is 250 Å². The zero-order valence-corrected chi connectivity index (χ0v) is 24.4. The summed E-state index contributed by atoms with van der Waals surface area (Å²) in [7, 11) is 1.57. The monoisotopic (exact) mass is 594 g/mol. The summed E-state index contributed by atoms with van der Waals surface area (Å²) in [6, 6.07) is 15.7. The van der Waals surface area contributed by atoms with Crippen LogP contribution in [0.1, 0.15) is 64.8 Å². The molecule has 5 rings (SSSR count). The van der Waals surface area contributed by atoms with Crippen molar-refractivity contribution < 1.29 is 23.8 Å². The molecule has 0 aromatic heterocycles. The number of aliphatic imine (C=N–C) groups is 1. The van der Waals surface area contributed by atoms with Crippen LogP contribution >= 0.6 is 23.2 Å². The Bertz CT molecular complexity index is 1440. The van der Waals surface area contributed by atoms with Gasteiger partial charge in [0.25, 0.3) is 5.91 Å². The number of carbonyl (C=O) groups is 2. The topological polar surface area (TPSA) is 77.4 Å². The van der Waals surface area contributed by atoms with E-state index in [2.05, 4.69) is 4.99 Å². The first kappa shape index (κ1) is 29.0. The number of carbonyl (C=O) groups excluding carboxylic acids is 2. The average Bonchev–Trinajstić information content (AvgIpc) is 3.41. The minimum Gasteiger partial charge on any atom is -0.493 e. The van der Waals surface area contributed by atoms with Gasteiger partial charge < -0.3 is 19.1 Å². The van der Waals surface area contributed by atoms with Crippen molar-refractivity contribution in [3.63, 3.8) is 0 Å². The molecule has 3 aromatic rings. The molecule has 2 aliphatic heterocycles. The maximum Gasteiger partial charge on any atom is 0.256 e. The van der Waals surface area contributed by atoms with E-state index < -0.39 is 0 Å². The van der Waals surface area contributed by atoms with Gasteiger partial charge in [0.05, 0.1) is 48.2 Å². The minimum atomic E-state index is -0.189. The predicted molar refractivity (Wildman–Crippen MR) is 161 cm³/mol. The van der Waals surface area contributed by atoms with Gasteiger partial charge in [0.2, 0.25) is 0 Å². The fourth-order valence-electron chi connectivity index (χ4n) is 5.16. The van der Waals surface area contributed by atoms with Gasteiger partial charge in [0.15, 0.2) is 17.3 Å². The van der Waals surface area contributed by atoms with Crippen molar-refractivity contribution in [3.8, 4) is 17.2 Å². The van der Waals surface area contributed by atoms with Crippen LogP contribution in [0.4, 0.5) is 5.69 Å². The summed E-state index contributed by atoms with van der Waals surface area (Å²) in [4.78, 5) is 32.6. The molecule has 2 aliphatic rings. The summed E-state index contributed by atoms with van der Waals surface area (Å²) in [6.45, 7) is 1.67. The molecule has 2 heterocycles. The Hall–Kier alpha value is -3.55. The Kier molecular flexibility index (Phi) is 9.47. The number of rotatable bonds is 12. The molecule has 3 aromatic carbocycles. The molecule has 0 aliphatic carbocycles. The molecule has 0 spiro atoms. The second-order valence-electron chi connectivity index (χ2n) is 10.1. The molecule has 7 nitrogen and oxygen atoms in total. The second kappa shape index (κ2) is 13.4. The van der Waals surface area contributed by atoms with Crippen LogP contribution in [0, 0.1) is 0 Å². The second-order valence-corrected chi connectivity index (χ2v) is 10.9. The van der Waals surface area contributed by atoms with Gasteiger partial charge in [0, 0.05) is 29.4 Å². The van der Waals surface area contributed by atoms with Crippen LogP contribution in [-0.4, -0.2) is 55.7 Å². The summed E-state index contributed by atoms with van der Waals surface area (Å²) < 4.78 is 17.5. The number of methoxy groups -OCH3 is 1. The van der Waals surface area contributed by atoms with E-state index in [0.29, 0.717) is 62.9 Å². The zero-order chi connectivity index (χ0) is 28.8. The Morgan fingerprint density at radius 2 is 1.73 bits per heavy atom. The fourth-order valence-corrected chi connectivity index (χ4v) is 5.70. The zero-order valence-electron chi connectivity index (χ0n) is 22.9. The van der Waals surface area contributed by atoms with Gasteiger partial charge in [0.1, 0.15) is 5.75 Å². The van der Waals surface area contributed by atoms with Crippen LogP contribution in [0.25, 0.3) is 0 Å². The number of amides is 1. The van der Waals surface area contributed by atoms with Gasteiger partial charge in [-0.2, -0.15) is 0 Å². The number of benzene rings is 3. The van der Waals surface area contributed by atoms with E-state index in [1.54, 1.807) is 43.5 Å². The summed E-state index contributed by atoms with van der Waals surface area (Å²) in [5.41, 5.74) is 2.05. The molecular weight excluding hydrogens is 563 g/mol. The van der Waals surface area contributed by atoms with Crippen LogP contribution in [0.15, 0.2) is 59.6 Å². The molecule has 0 saturated carbocycles. The molecule has 1 fully saturated rings. The number of unbranched alkanes of at least 4 members (excludes halogenated alkanes) is 3. The molecule has 1 unspecified atom stereocenters. The van der Waals surface area contributed by atoms with E-state index in [-0.39, 0.29) is 17.7 Å². The molecule has 0 N–H and O–H groups in total. The molecule has 1 atom stereocenters. The molecule has 41 heavy (non-hydrogen) atoms. The molecule has 0 radical (unpaired) electrons. The highest BCUT2D eigenvalue weighted by Gasteiger charge is 2.32. The Balaban J connectivity index is 1.11. The van der Waals surface area contributed by atoms with E-state index in [9.17, 15) is 9.59 Å². The lowest BCUT2D eigenvalue weighted by atomic mass is 10.0. The van der Waals surface area contributed by atoms with Crippen LogP contribution < -0.4 is 14.2 Å². The first-order chi connectivity index (χ1) is 20.0. The smallest absolute Gasteiger partial charge is 0.256 e. The van der Waals surface area contributed by atoms with Crippen molar-refractivity contribution in [2.75, 3.05) is 26.9 Å². The molecule has 214 valence electrons. The first-order valence-electron chi connectivity index (χ1n) is 13.9. The predicted octanol–water partition coefficient (Wildman–Crippen LogP) is 7.57. The van der Waals surface area contributed by atoms with Crippen LogP contribution in [0.2, 0.25) is 10.0 Å². The van der Waals surface area contributed by atoms with Crippen molar-refractivity contribution in [1.82, 2.24) is 4.90 Å². The number of ether oxygens (including phenoxy) is 3. The van der Waals surface area contributed by atoms with E-state index >= 15 is 0 Å². The third-order valence-corrected chi connectivity index (χ3v) is 7.79. The normalized spacial score (nSPS) is 15.7. The SMILES string of the molecule is COc1cc2c(cc1OCCCCCCOc1c(Cl)cc(Cl)cc1C(=O)c1ccccc1)N=CC1CCCN1C2=O. The standard InChI is InChI=1S/C32H32Cl2N2O5/c1-39-28-18-24-27(35-20-23-12-9-13-36(23)32(24)38)19-29(28)40-14-7-2-3-8-15-41-31-25(16-22(33)17-26(31)34)30(37)21-10-5-4-6-11-21/h4-6,10-11,16-20,23H,2-3,7-9,12-15H2,1H3. The van der Waals surface area contributed by atoms with Gasteiger partial charge in [-0.25, -0.2) is 0 Å². The van der Waals surface area contributed by atoms with E-state index in [0.717, 1.165) is 45.1 Å². The summed E-state index contributed by atoms with van der Waals surface area (Å²) in [6.07, 6.45) is 7.25. The summed E-state index contributed by atoms with van der Waals surface area (Å²) in [5, 5.41) is 0.692. The lowest BCUT2D eigenvalue weighted by Crippen LogP contribution is -2.35. The van der Waals surface area contributed by atoms with E-state index in [1.807, 2.05) is 29.3 Å². The quantitative estimate of drug-likeness (QED) is 0.159. The van der Waals surface area contributed by atoms with Crippen LogP contribution in [-0.2, 0) is 0 Å². The molecule has 9 heteroatoms. The van der Waals surface area contributed by atoms with Crippen molar-refractivity contribution >= 4 is 46.8 Å². The highest BCUT2D eigenvalue weighted by Crippen LogP contribution is 2.38. The maximum atomic E-state index is 13.1. The number of halogens is 2.